The van der Waals surface area contributed by atoms with E-state index in [0.717, 1.165) is 5.56 Å². The molecule has 6 heterocycles. The summed E-state index contributed by atoms with van der Waals surface area (Å²) in [6, 6.07) is 7.32. The maximum Gasteiger partial charge on any atom is 0.355 e. The third-order valence-electron chi connectivity index (χ3n) is 8.69. The van der Waals surface area contributed by atoms with Crippen LogP contribution >= 0.6 is 0 Å². The molecule has 9 nitrogen and oxygen atoms in total. The number of hydrogen-bond acceptors (Lipinski definition) is 7. The number of hydrogen-bond donors (Lipinski definition) is 0. The molecule has 3 aromatic heterocycles. The first-order valence-corrected chi connectivity index (χ1v) is 14.5. The summed E-state index contributed by atoms with van der Waals surface area (Å²) in [7, 11) is 0. The number of fused-ring (bicyclic) bond motifs is 6. The number of pyridine rings is 2. The van der Waals surface area contributed by atoms with E-state index in [1.807, 2.05) is 24.8 Å². The van der Waals surface area contributed by atoms with Crippen molar-refractivity contribution in [3.8, 4) is 22.7 Å². The van der Waals surface area contributed by atoms with Gasteiger partial charge in [-0.2, -0.15) is 4.98 Å². The first-order chi connectivity index (χ1) is 20.8. The van der Waals surface area contributed by atoms with Crippen LogP contribution in [0.3, 0.4) is 0 Å². The number of carbonyl (C=O) groups excluding carboxylic acids is 1. The van der Waals surface area contributed by atoms with Gasteiger partial charge < -0.3 is 14.5 Å². The second-order valence-corrected chi connectivity index (χ2v) is 11.5. The van der Waals surface area contributed by atoms with E-state index in [1.165, 1.54) is 28.8 Å². The predicted octanol–water partition coefficient (Wildman–Crippen LogP) is 4.54. The van der Waals surface area contributed by atoms with Gasteiger partial charge in [-0.15, -0.1) is 0 Å². The van der Waals surface area contributed by atoms with E-state index in [4.69, 9.17) is 9.72 Å². The van der Waals surface area contributed by atoms with Crippen molar-refractivity contribution >= 4 is 22.8 Å². The van der Waals surface area contributed by atoms with Gasteiger partial charge in [0.05, 0.1) is 41.0 Å². The van der Waals surface area contributed by atoms with Gasteiger partial charge >= 0.3 is 5.69 Å². The summed E-state index contributed by atoms with van der Waals surface area (Å²) in [6.07, 6.45) is 4.80. The number of aromatic nitrogens is 4. The SMILES string of the molecule is C=CC(=O)N1CC[C@H]2[C@@H]1CN2c1nc(=O)n2c3nc(c(F)cc13)-c1c(F)cccc1OCCCc1ccnc(C(C)C)c1-2. The van der Waals surface area contributed by atoms with Gasteiger partial charge in [0.2, 0.25) is 5.91 Å². The lowest BCUT2D eigenvalue weighted by atomic mass is 9.96. The van der Waals surface area contributed by atoms with Crippen LogP contribution in [0.1, 0.15) is 43.9 Å². The van der Waals surface area contributed by atoms with Crippen LogP contribution in [0.15, 0.2) is 54.0 Å². The second-order valence-electron chi connectivity index (χ2n) is 11.5. The number of nitrogens with zero attached hydrogens (tertiary/aromatic N) is 6. The molecule has 0 saturated carbocycles. The average Bonchev–Trinajstić information content (AvgIpc) is 3.30. The van der Waals surface area contributed by atoms with Gasteiger partial charge in [-0.1, -0.05) is 26.5 Å². The molecule has 0 aliphatic carbocycles. The summed E-state index contributed by atoms with van der Waals surface area (Å²) in [4.78, 5) is 44.0. The normalized spacial score (nSPS) is 19.2. The minimum Gasteiger partial charge on any atom is -0.493 e. The van der Waals surface area contributed by atoms with E-state index in [1.54, 1.807) is 17.2 Å². The van der Waals surface area contributed by atoms with Gasteiger partial charge in [0.25, 0.3) is 0 Å². The Bertz CT molecular complexity index is 1870. The highest BCUT2D eigenvalue weighted by Crippen LogP contribution is 2.41. The van der Waals surface area contributed by atoms with Crippen molar-refractivity contribution in [2.75, 3.05) is 24.6 Å². The Hall–Kier alpha value is -4.67. The summed E-state index contributed by atoms with van der Waals surface area (Å²) in [5, 5.41) is 0.313. The number of ether oxygens (including phenoxy) is 1. The quantitative estimate of drug-likeness (QED) is 0.327. The van der Waals surface area contributed by atoms with Gasteiger partial charge in [-0.25, -0.2) is 23.1 Å². The first-order valence-electron chi connectivity index (χ1n) is 14.5. The fourth-order valence-electron chi connectivity index (χ4n) is 6.65. The van der Waals surface area contributed by atoms with E-state index in [9.17, 15) is 9.59 Å². The fraction of sp³-hybridized carbons (Fsp3) is 0.344. The van der Waals surface area contributed by atoms with Crippen LogP contribution in [-0.4, -0.2) is 62.1 Å². The van der Waals surface area contributed by atoms with Crippen LogP contribution in [0.5, 0.6) is 5.75 Å². The molecule has 0 N–H and O–H groups in total. The Balaban J connectivity index is 1.52. The van der Waals surface area contributed by atoms with Gasteiger partial charge in [0, 0.05) is 19.3 Å². The minimum atomic E-state index is -0.768. The number of carbonyl (C=O) groups is 1. The molecule has 2 fully saturated rings. The smallest absolute Gasteiger partial charge is 0.355 e. The van der Waals surface area contributed by atoms with E-state index in [2.05, 4.69) is 16.5 Å². The van der Waals surface area contributed by atoms with E-state index >= 15 is 8.78 Å². The molecule has 11 heteroatoms. The summed E-state index contributed by atoms with van der Waals surface area (Å²) in [5.74, 6) is -1.19. The number of benzene rings is 1. The molecule has 3 aliphatic rings. The van der Waals surface area contributed by atoms with Crippen molar-refractivity contribution in [2.45, 2.75) is 51.1 Å². The Morgan fingerprint density at radius 2 is 2.00 bits per heavy atom. The largest absolute Gasteiger partial charge is 0.493 e. The van der Waals surface area contributed by atoms with Crippen molar-refractivity contribution < 1.29 is 18.3 Å². The Morgan fingerprint density at radius 3 is 2.79 bits per heavy atom. The van der Waals surface area contributed by atoms with Crippen LogP contribution in [0.25, 0.3) is 28.0 Å². The molecule has 0 radical (unpaired) electrons. The summed E-state index contributed by atoms with van der Waals surface area (Å²) < 4.78 is 38.8. The maximum atomic E-state index is 16.1. The molecule has 3 aliphatic heterocycles. The highest BCUT2D eigenvalue weighted by atomic mass is 19.1. The lowest BCUT2D eigenvalue weighted by molar-refractivity contribution is -0.127. The Labute approximate surface area is 246 Å². The maximum absolute atomic E-state index is 16.1. The summed E-state index contributed by atoms with van der Waals surface area (Å²) in [5.41, 5.74) is 1.28. The van der Waals surface area contributed by atoms with E-state index in [-0.39, 0.29) is 59.0 Å². The van der Waals surface area contributed by atoms with Crippen molar-refractivity contribution in [2.24, 2.45) is 0 Å². The van der Waals surface area contributed by atoms with Gasteiger partial charge in [-0.3, -0.25) is 9.78 Å². The van der Waals surface area contributed by atoms with Gasteiger partial charge in [-0.05, 0) is 61.1 Å². The number of rotatable bonds is 3. The third kappa shape index (κ3) is 4.20. The minimum absolute atomic E-state index is 0.0539. The number of halogens is 2. The molecular formula is C32H30F2N6O3. The second kappa shape index (κ2) is 10.3. The van der Waals surface area contributed by atoms with Crippen LogP contribution in [0.4, 0.5) is 14.6 Å². The molecule has 0 spiro atoms. The lowest BCUT2D eigenvalue weighted by Gasteiger charge is -2.47. The summed E-state index contributed by atoms with van der Waals surface area (Å²) in [6.45, 7) is 8.80. The lowest BCUT2D eigenvalue weighted by Crippen LogP contribution is -2.63. The van der Waals surface area contributed by atoms with Crippen LogP contribution in [0.2, 0.25) is 0 Å². The molecule has 43 heavy (non-hydrogen) atoms. The van der Waals surface area contributed by atoms with Crippen molar-refractivity contribution in [1.29, 1.82) is 0 Å². The van der Waals surface area contributed by atoms with Crippen molar-refractivity contribution in [3.63, 3.8) is 0 Å². The molecule has 7 rings (SSSR count). The van der Waals surface area contributed by atoms with E-state index < -0.39 is 17.3 Å². The monoisotopic (exact) mass is 584 g/mol. The van der Waals surface area contributed by atoms with Crippen LogP contribution < -0.4 is 15.3 Å². The zero-order valence-electron chi connectivity index (χ0n) is 23.9. The van der Waals surface area contributed by atoms with E-state index in [0.29, 0.717) is 49.1 Å². The molecule has 1 amide bonds. The molecule has 2 bridgehead atoms. The number of amides is 1. The topological polar surface area (TPSA) is 93.5 Å². The standard InChI is InChI=1S/C32H30F2N6O3/c1-4-25(41)38-13-11-22-23(38)16-39(22)30-19-15-21(34)28-26-20(33)8-5-9-24(26)43-14-6-7-18-10-12-35-27(17(2)3)29(18)40(31(19)36-28)32(42)37-30/h4-5,8-10,12,15,17,22-23H,1,6-7,11,13-14,16H2,2-3H3/t22-,23-/m0/s1. The molecule has 4 aromatic rings. The van der Waals surface area contributed by atoms with Gasteiger partial charge in [0.1, 0.15) is 23.1 Å². The summed E-state index contributed by atoms with van der Waals surface area (Å²) >= 11 is 0. The average molecular weight is 585 g/mol. The number of likely N-dealkylation sites (tertiary alicyclic amines) is 1. The number of aryl methyl sites for hydroxylation is 1. The molecule has 0 unspecified atom stereocenters. The highest BCUT2D eigenvalue weighted by Gasteiger charge is 2.49. The molecule has 1 aromatic carbocycles. The van der Waals surface area contributed by atoms with Crippen molar-refractivity contribution in [1.82, 2.24) is 24.4 Å². The predicted molar refractivity (Wildman–Crippen MR) is 158 cm³/mol. The zero-order valence-corrected chi connectivity index (χ0v) is 23.9. The Morgan fingerprint density at radius 1 is 1.16 bits per heavy atom. The Kier molecular flexibility index (Phi) is 6.48. The molecule has 2 atom stereocenters. The van der Waals surface area contributed by atoms with Crippen LogP contribution in [0, 0.1) is 11.6 Å². The molecular weight excluding hydrogens is 554 g/mol. The highest BCUT2D eigenvalue weighted by molar-refractivity contribution is 5.92. The van der Waals surface area contributed by atoms with Crippen LogP contribution in [-0.2, 0) is 11.2 Å². The first kappa shape index (κ1) is 27.2. The van der Waals surface area contributed by atoms with Crippen molar-refractivity contribution in [3.05, 3.63) is 82.6 Å². The third-order valence-corrected chi connectivity index (χ3v) is 8.69. The fourth-order valence-corrected chi connectivity index (χ4v) is 6.65. The molecule has 2 saturated heterocycles. The number of anilines is 1. The zero-order chi connectivity index (χ0) is 30.0. The van der Waals surface area contributed by atoms with Gasteiger partial charge in [0.15, 0.2) is 11.5 Å². The molecule has 220 valence electrons.